The molecule has 0 radical (unpaired) electrons. The summed E-state index contributed by atoms with van der Waals surface area (Å²) in [6.07, 6.45) is 0. The van der Waals surface area contributed by atoms with E-state index in [1.165, 1.54) is 0 Å². The maximum atomic E-state index is 12.7. The first-order chi connectivity index (χ1) is 6.50. The van der Waals surface area contributed by atoms with Crippen molar-refractivity contribution in [1.29, 1.82) is 0 Å². The van der Waals surface area contributed by atoms with Crippen LogP contribution in [0.25, 0.3) is 0 Å². The van der Waals surface area contributed by atoms with Crippen molar-refractivity contribution in [3.63, 3.8) is 0 Å². The Morgan fingerprint density at radius 3 is 2.71 bits per heavy atom. The molecule has 1 N–H and O–H groups in total. The lowest BCUT2D eigenvalue weighted by atomic mass is 10.3. The van der Waals surface area contributed by atoms with Gasteiger partial charge in [0.05, 0.1) is 11.0 Å². The minimum absolute atomic E-state index is 0.218. The van der Waals surface area contributed by atoms with Crippen LogP contribution in [0.15, 0.2) is 18.2 Å². The van der Waals surface area contributed by atoms with E-state index >= 15 is 0 Å². The molecule has 0 aromatic heterocycles. The van der Waals surface area contributed by atoms with Crippen molar-refractivity contribution in [2.75, 3.05) is 0 Å². The third-order valence-corrected chi connectivity index (χ3v) is 1.73. The highest BCUT2D eigenvalue weighted by atomic mass is 31.1. The largest absolute Gasteiger partial charge is 0.426 e. The molecule has 1 aromatic carbocycles. The lowest BCUT2D eigenvalue weighted by Gasteiger charge is -2.00. The van der Waals surface area contributed by atoms with Gasteiger partial charge in [-0.15, -0.1) is 0 Å². The normalized spacial score (nSPS) is 12.1. The van der Waals surface area contributed by atoms with E-state index in [1.54, 1.807) is 0 Å². The summed E-state index contributed by atoms with van der Waals surface area (Å²) in [6, 6.07) is 2.56. The molecule has 0 aliphatic rings. The second-order valence-electron chi connectivity index (χ2n) is 2.24. The molecular formula is C6H5FNO5P. The zero-order chi connectivity index (χ0) is 10.7. The van der Waals surface area contributed by atoms with Crippen molar-refractivity contribution in [3.8, 4) is 5.75 Å². The van der Waals surface area contributed by atoms with E-state index in [0.29, 0.717) is 0 Å². The van der Waals surface area contributed by atoms with E-state index in [2.05, 4.69) is 4.52 Å². The van der Waals surface area contributed by atoms with Gasteiger partial charge < -0.3 is 9.42 Å². The van der Waals surface area contributed by atoms with Crippen molar-refractivity contribution >= 4 is 13.9 Å². The SMILES string of the molecule is O=[N+]([O-])c1cc(O[PH](=O)O)ccc1F. The van der Waals surface area contributed by atoms with Gasteiger partial charge >= 0.3 is 13.9 Å². The maximum absolute atomic E-state index is 12.7. The van der Waals surface area contributed by atoms with Crippen LogP contribution in [0.4, 0.5) is 10.1 Å². The number of nitro groups is 1. The van der Waals surface area contributed by atoms with Crippen LogP contribution >= 0.6 is 8.25 Å². The van der Waals surface area contributed by atoms with Gasteiger partial charge in [-0.1, -0.05) is 0 Å². The second kappa shape index (κ2) is 4.17. The Hall–Kier alpha value is -1.46. The van der Waals surface area contributed by atoms with Gasteiger partial charge in [-0.25, -0.2) is 4.57 Å². The highest BCUT2D eigenvalue weighted by Crippen LogP contribution is 2.28. The molecule has 0 spiro atoms. The number of hydrogen-bond acceptors (Lipinski definition) is 4. The third-order valence-electron chi connectivity index (χ3n) is 1.32. The number of nitro benzene ring substituents is 1. The first-order valence-corrected chi connectivity index (χ1v) is 4.62. The van der Waals surface area contributed by atoms with Crippen molar-refractivity contribution in [3.05, 3.63) is 34.1 Å². The minimum atomic E-state index is -3.24. The quantitative estimate of drug-likeness (QED) is 0.474. The number of nitrogens with zero attached hydrogens (tertiary/aromatic N) is 1. The summed E-state index contributed by atoms with van der Waals surface area (Å²) < 4.78 is 27.3. The van der Waals surface area contributed by atoms with Gasteiger partial charge in [-0.2, -0.15) is 4.39 Å². The number of rotatable bonds is 3. The number of benzene rings is 1. The van der Waals surface area contributed by atoms with Crippen LogP contribution in [0.5, 0.6) is 5.75 Å². The Balaban J connectivity index is 3.06. The summed E-state index contributed by atoms with van der Waals surface area (Å²) in [5, 5.41) is 10.2. The fourth-order valence-corrected chi connectivity index (χ4v) is 1.13. The molecule has 0 bridgehead atoms. The van der Waals surface area contributed by atoms with Crippen molar-refractivity contribution in [2.45, 2.75) is 0 Å². The predicted octanol–water partition coefficient (Wildman–Crippen LogP) is 1.49. The van der Waals surface area contributed by atoms with E-state index in [4.69, 9.17) is 4.89 Å². The molecule has 1 unspecified atom stereocenters. The fraction of sp³-hybridized carbons (Fsp3) is 0. The van der Waals surface area contributed by atoms with E-state index in [1.807, 2.05) is 0 Å². The molecule has 0 aliphatic carbocycles. The average molecular weight is 221 g/mol. The Morgan fingerprint density at radius 2 is 2.21 bits per heavy atom. The molecule has 0 heterocycles. The highest BCUT2D eigenvalue weighted by molar-refractivity contribution is 7.32. The zero-order valence-corrected chi connectivity index (χ0v) is 7.64. The average Bonchev–Trinajstić information content (AvgIpc) is 2.07. The molecule has 6 nitrogen and oxygen atoms in total. The molecule has 0 amide bonds. The van der Waals surface area contributed by atoms with Crippen molar-refractivity contribution < 1.29 is 23.3 Å². The lowest BCUT2D eigenvalue weighted by molar-refractivity contribution is -0.387. The molecule has 0 saturated carbocycles. The van der Waals surface area contributed by atoms with Crippen molar-refractivity contribution in [1.82, 2.24) is 0 Å². The topological polar surface area (TPSA) is 89.7 Å². The summed E-state index contributed by atoms with van der Waals surface area (Å²) in [6.45, 7) is 0. The Labute approximate surface area is 78.0 Å². The summed E-state index contributed by atoms with van der Waals surface area (Å²) >= 11 is 0. The van der Waals surface area contributed by atoms with E-state index < -0.39 is 24.7 Å². The lowest BCUT2D eigenvalue weighted by Crippen LogP contribution is -1.92. The summed E-state index contributed by atoms with van der Waals surface area (Å²) in [5.74, 6) is -1.25. The van der Waals surface area contributed by atoms with Gasteiger partial charge in [-0.3, -0.25) is 10.1 Å². The standard InChI is InChI=1S/C6H5FNO5P/c7-5-2-1-4(13-14(11)12)3-6(5)8(9)10/h1-3,14H,(H,11,12). The molecule has 1 rings (SSSR count). The van der Waals surface area contributed by atoms with Gasteiger partial charge in [0.1, 0.15) is 5.75 Å². The van der Waals surface area contributed by atoms with Gasteiger partial charge in [0.25, 0.3) is 0 Å². The molecule has 76 valence electrons. The Kier molecular flexibility index (Phi) is 3.16. The molecule has 0 saturated heterocycles. The molecule has 0 aliphatic heterocycles. The van der Waals surface area contributed by atoms with Gasteiger partial charge in [-0.05, 0) is 12.1 Å². The molecule has 1 aromatic rings. The van der Waals surface area contributed by atoms with Crippen LogP contribution in [0.3, 0.4) is 0 Å². The van der Waals surface area contributed by atoms with Gasteiger partial charge in [0.2, 0.25) is 5.82 Å². The monoisotopic (exact) mass is 221 g/mol. The first-order valence-electron chi connectivity index (χ1n) is 3.35. The van der Waals surface area contributed by atoms with Crippen LogP contribution in [0.2, 0.25) is 0 Å². The van der Waals surface area contributed by atoms with E-state index in [0.717, 1.165) is 18.2 Å². The molecule has 8 heteroatoms. The maximum Gasteiger partial charge on any atom is 0.365 e. The first kappa shape index (κ1) is 10.6. The van der Waals surface area contributed by atoms with E-state index in [-0.39, 0.29) is 5.75 Å². The van der Waals surface area contributed by atoms with Gasteiger partial charge in [0, 0.05) is 0 Å². The van der Waals surface area contributed by atoms with Crippen LogP contribution < -0.4 is 4.52 Å². The van der Waals surface area contributed by atoms with E-state index in [9.17, 15) is 19.1 Å². The molecule has 14 heavy (non-hydrogen) atoms. The number of halogens is 1. The second-order valence-corrected chi connectivity index (χ2v) is 2.97. The van der Waals surface area contributed by atoms with Crippen molar-refractivity contribution in [2.24, 2.45) is 0 Å². The van der Waals surface area contributed by atoms with Crippen LogP contribution in [-0.4, -0.2) is 9.82 Å². The Morgan fingerprint density at radius 1 is 1.57 bits per heavy atom. The molecule has 1 atom stereocenters. The van der Waals surface area contributed by atoms with Crippen LogP contribution in [-0.2, 0) is 4.57 Å². The van der Waals surface area contributed by atoms with Crippen LogP contribution in [0, 0.1) is 15.9 Å². The molecular weight excluding hydrogens is 216 g/mol. The predicted molar refractivity (Wildman–Crippen MR) is 44.9 cm³/mol. The third kappa shape index (κ3) is 2.51. The molecule has 0 fully saturated rings. The Bertz CT molecular complexity index is 396. The highest BCUT2D eigenvalue weighted by Gasteiger charge is 2.15. The fourth-order valence-electron chi connectivity index (χ4n) is 0.797. The zero-order valence-electron chi connectivity index (χ0n) is 6.64. The number of hydrogen-bond donors (Lipinski definition) is 1. The smallest absolute Gasteiger partial charge is 0.365 e. The van der Waals surface area contributed by atoms with Gasteiger partial charge in [0.15, 0.2) is 0 Å². The van der Waals surface area contributed by atoms with Crippen LogP contribution in [0.1, 0.15) is 0 Å². The summed E-state index contributed by atoms with van der Waals surface area (Å²) in [7, 11) is -3.24. The minimum Gasteiger partial charge on any atom is -0.426 e. The summed E-state index contributed by atoms with van der Waals surface area (Å²) in [4.78, 5) is 17.7. The summed E-state index contributed by atoms with van der Waals surface area (Å²) in [5.41, 5.74) is -0.800.